The Kier molecular flexibility index (Phi) is 5.41. The molecule has 1 aromatic rings. The van der Waals surface area contributed by atoms with Crippen molar-refractivity contribution in [3.8, 4) is 0 Å². The lowest BCUT2D eigenvalue weighted by Crippen LogP contribution is -2.53. The highest BCUT2D eigenvalue weighted by molar-refractivity contribution is 7.99. The summed E-state index contributed by atoms with van der Waals surface area (Å²) < 4.78 is 26.8. The molecule has 112 valence electrons. The van der Waals surface area contributed by atoms with Crippen LogP contribution in [0.1, 0.15) is 26.2 Å². The van der Waals surface area contributed by atoms with E-state index in [-0.39, 0.29) is 12.1 Å². The molecule has 0 saturated heterocycles. The van der Waals surface area contributed by atoms with Gasteiger partial charge >= 0.3 is 0 Å². The topological polar surface area (TPSA) is 32.3 Å². The monoisotopic (exact) mass is 301 g/mol. The van der Waals surface area contributed by atoms with E-state index in [0.29, 0.717) is 16.6 Å². The third-order valence-corrected chi connectivity index (χ3v) is 5.03. The van der Waals surface area contributed by atoms with Gasteiger partial charge in [-0.15, -0.1) is 11.8 Å². The lowest BCUT2D eigenvalue weighted by Gasteiger charge is -2.33. The minimum absolute atomic E-state index is 0.0294. The zero-order valence-corrected chi connectivity index (χ0v) is 12.5. The van der Waals surface area contributed by atoms with Crippen LogP contribution >= 0.6 is 11.8 Å². The summed E-state index contributed by atoms with van der Waals surface area (Å²) >= 11 is 1.27. The van der Waals surface area contributed by atoms with Gasteiger partial charge in [-0.25, -0.2) is 8.78 Å². The fourth-order valence-electron chi connectivity index (χ4n) is 2.35. The van der Waals surface area contributed by atoms with Crippen LogP contribution in [0.5, 0.6) is 0 Å². The van der Waals surface area contributed by atoms with Crippen molar-refractivity contribution >= 4 is 11.8 Å². The van der Waals surface area contributed by atoms with Gasteiger partial charge in [0.05, 0.1) is 12.1 Å². The molecule has 1 saturated carbocycles. The zero-order valence-electron chi connectivity index (χ0n) is 11.7. The van der Waals surface area contributed by atoms with Crippen LogP contribution in [0.25, 0.3) is 0 Å². The predicted octanol–water partition coefficient (Wildman–Crippen LogP) is 3.20. The van der Waals surface area contributed by atoms with Crippen LogP contribution < -0.4 is 5.32 Å². The van der Waals surface area contributed by atoms with Gasteiger partial charge in [0, 0.05) is 10.6 Å². The van der Waals surface area contributed by atoms with E-state index >= 15 is 0 Å². The zero-order chi connectivity index (χ0) is 14.6. The van der Waals surface area contributed by atoms with Gasteiger partial charge in [0.15, 0.2) is 0 Å². The Morgan fingerprint density at radius 3 is 2.75 bits per heavy atom. The number of benzene rings is 1. The molecule has 0 spiro atoms. The van der Waals surface area contributed by atoms with Crippen molar-refractivity contribution < 1.29 is 13.9 Å². The van der Waals surface area contributed by atoms with Crippen LogP contribution in [0, 0.1) is 17.6 Å². The first kappa shape index (κ1) is 15.7. The first-order valence-electron chi connectivity index (χ1n) is 7.05. The number of aliphatic hydroxyl groups excluding tert-OH is 1. The van der Waals surface area contributed by atoms with E-state index < -0.39 is 11.6 Å². The molecule has 2 rings (SSSR count). The quantitative estimate of drug-likeness (QED) is 0.723. The summed E-state index contributed by atoms with van der Waals surface area (Å²) in [6, 6.07) is 3.48. The third kappa shape index (κ3) is 3.71. The molecule has 1 aromatic carbocycles. The molecule has 2 nitrogen and oxygen atoms in total. The van der Waals surface area contributed by atoms with Crippen LogP contribution in [0.3, 0.4) is 0 Å². The van der Waals surface area contributed by atoms with Crippen LogP contribution in [-0.4, -0.2) is 29.5 Å². The molecule has 5 heteroatoms. The fourth-order valence-corrected chi connectivity index (χ4v) is 3.59. The van der Waals surface area contributed by atoms with Crippen molar-refractivity contribution in [2.75, 3.05) is 18.9 Å². The average Bonchev–Trinajstić information content (AvgIpc) is 3.28. The Hall–Kier alpha value is -0.650. The highest BCUT2D eigenvalue weighted by Gasteiger charge is 2.44. The molecule has 1 atom stereocenters. The van der Waals surface area contributed by atoms with Gasteiger partial charge in [-0.3, -0.25) is 0 Å². The molecule has 1 aliphatic rings. The molecule has 0 radical (unpaired) electrons. The molecule has 1 unspecified atom stereocenters. The largest absolute Gasteiger partial charge is 0.394 e. The molecule has 0 bridgehead atoms. The lowest BCUT2D eigenvalue weighted by atomic mass is 9.96. The predicted molar refractivity (Wildman–Crippen MR) is 77.9 cm³/mol. The Bertz CT molecular complexity index is 453. The number of hydrogen-bond donors (Lipinski definition) is 2. The maximum atomic E-state index is 13.6. The van der Waals surface area contributed by atoms with Gasteiger partial charge in [0.25, 0.3) is 0 Å². The van der Waals surface area contributed by atoms with Crippen molar-refractivity contribution in [3.05, 3.63) is 29.8 Å². The van der Waals surface area contributed by atoms with Crippen molar-refractivity contribution in [2.24, 2.45) is 5.92 Å². The number of thioether (sulfide) groups is 1. The second-order valence-corrected chi connectivity index (χ2v) is 6.40. The Morgan fingerprint density at radius 1 is 1.40 bits per heavy atom. The SMILES string of the molecule is CCCNC(CO)(CSc1cc(F)ccc1F)C1CC1. The van der Waals surface area contributed by atoms with Crippen LogP contribution in [0.2, 0.25) is 0 Å². The van der Waals surface area contributed by atoms with Crippen molar-refractivity contribution in [1.82, 2.24) is 5.32 Å². The molecular formula is C15H21F2NOS. The van der Waals surface area contributed by atoms with Crippen LogP contribution in [0.4, 0.5) is 8.78 Å². The molecule has 0 heterocycles. The fraction of sp³-hybridized carbons (Fsp3) is 0.600. The maximum absolute atomic E-state index is 13.6. The second kappa shape index (κ2) is 6.87. The summed E-state index contributed by atoms with van der Waals surface area (Å²) in [5.74, 6) is 0.142. The first-order valence-corrected chi connectivity index (χ1v) is 8.03. The highest BCUT2D eigenvalue weighted by Crippen LogP contribution is 2.42. The van der Waals surface area contributed by atoms with Gasteiger partial charge in [-0.05, 0) is 49.9 Å². The number of rotatable bonds is 8. The Balaban J connectivity index is 2.06. The van der Waals surface area contributed by atoms with E-state index in [1.54, 1.807) is 0 Å². The van der Waals surface area contributed by atoms with E-state index in [2.05, 4.69) is 12.2 Å². The van der Waals surface area contributed by atoms with Gasteiger partial charge in [-0.1, -0.05) is 6.92 Å². The van der Waals surface area contributed by atoms with E-state index in [4.69, 9.17) is 0 Å². The van der Waals surface area contributed by atoms with Crippen LogP contribution in [-0.2, 0) is 0 Å². The van der Waals surface area contributed by atoms with E-state index in [0.717, 1.165) is 37.9 Å². The summed E-state index contributed by atoms with van der Waals surface area (Å²) in [6.45, 7) is 2.92. The van der Waals surface area contributed by atoms with Crippen molar-refractivity contribution in [1.29, 1.82) is 0 Å². The molecular weight excluding hydrogens is 280 g/mol. The van der Waals surface area contributed by atoms with Crippen LogP contribution in [0.15, 0.2) is 23.1 Å². The molecule has 1 aliphatic carbocycles. The summed E-state index contributed by atoms with van der Waals surface area (Å²) in [5.41, 5.74) is -0.376. The first-order chi connectivity index (χ1) is 9.61. The van der Waals surface area contributed by atoms with Gasteiger partial charge in [-0.2, -0.15) is 0 Å². The van der Waals surface area contributed by atoms with E-state index in [1.807, 2.05) is 0 Å². The maximum Gasteiger partial charge on any atom is 0.136 e. The lowest BCUT2D eigenvalue weighted by molar-refractivity contribution is 0.159. The summed E-state index contributed by atoms with van der Waals surface area (Å²) in [5, 5.41) is 13.2. The minimum Gasteiger partial charge on any atom is -0.394 e. The average molecular weight is 301 g/mol. The number of halogens is 2. The van der Waals surface area contributed by atoms with Crippen molar-refractivity contribution in [3.63, 3.8) is 0 Å². The molecule has 0 aliphatic heterocycles. The normalized spacial score (nSPS) is 18.0. The van der Waals surface area contributed by atoms with Gasteiger partial charge < -0.3 is 10.4 Å². The molecule has 20 heavy (non-hydrogen) atoms. The minimum atomic E-state index is -0.434. The summed E-state index contributed by atoms with van der Waals surface area (Å²) in [6.07, 6.45) is 3.15. The molecule has 1 fully saturated rings. The van der Waals surface area contributed by atoms with Gasteiger partial charge in [0.1, 0.15) is 11.6 Å². The summed E-state index contributed by atoms with van der Waals surface area (Å²) in [4.78, 5) is 0.307. The number of aliphatic hydroxyl groups is 1. The molecule has 0 aromatic heterocycles. The molecule has 2 N–H and O–H groups in total. The third-order valence-electron chi connectivity index (χ3n) is 3.75. The molecule has 0 amide bonds. The van der Waals surface area contributed by atoms with E-state index in [1.165, 1.54) is 17.8 Å². The highest BCUT2D eigenvalue weighted by atomic mass is 32.2. The van der Waals surface area contributed by atoms with Crippen molar-refractivity contribution in [2.45, 2.75) is 36.6 Å². The number of nitrogens with one attached hydrogen (secondary N) is 1. The van der Waals surface area contributed by atoms with Gasteiger partial charge in [0.2, 0.25) is 0 Å². The Morgan fingerprint density at radius 2 is 2.15 bits per heavy atom. The number of hydrogen-bond acceptors (Lipinski definition) is 3. The summed E-state index contributed by atoms with van der Waals surface area (Å²) in [7, 11) is 0. The smallest absolute Gasteiger partial charge is 0.136 e. The second-order valence-electron chi connectivity index (χ2n) is 5.38. The van der Waals surface area contributed by atoms with E-state index in [9.17, 15) is 13.9 Å². The standard InChI is InChI=1S/C15H21F2NOS/c1-2-7-18-15(9-19,11-3-4-11)10-20-14-8-12(16)5-6-13(14)17/h5-6,8,11,18-19H,2-4,7,9-10H2,1H3. The Labute approximate surface area is 123 Å².